The number of benzene rings is 4. The zero-order valence-corrected chi connectivity index (χ0v) is 34.2. The number of hydrogen-bond acceptors (Lipinski definition) is 14. The molecule has 0 saturated carbocycles. The number of halogens is 2. The summed E-state index contributed by atoms with van der Waals surface area (Å²) in [5.74, 6) is -1.27. The topological polar surface area (TPSA) is 161 Å². The summed E-state index contributed by atoms with van der Waals surface area (Å²) in [7, 11) is 0. The fourth-order valence-corrected chi connectivity index (χ4v) is 6.21. The average Bonchev–Trinajstić information content (AvgIpc) is 3.66. The van der Waals surface area contributed by atoms with Gasteiger partial charge in [0.25, 0.3) is 0 Å². The molecule has 4 aromatic carbocycles. The summed E-state index contributed by atoms with van der Waals surface area (Å²) in [6.45, 7) is 7.58. The second-order valence-corrected chi connectivity index (χ2v) is 13.9. The maximum atomic E-state index is 13.0. The third-order valence-corrected chi connectivity index (χ3v) is 9.25. The fraction of sp³-hybridized carbons (Fsp3) is 0.136. The van der Waals surface area contributed by atoms with Crippen molar-refractivity contribution in [2.45, 2.75) is 12.8 Å². The Morgan fingerprint density at radius 2 is 1.25 bits per heavy atom. The molecule has 0 aliphatic rings. The Morgan fingerprint density at radius 1 is 0.683 bits per heavy atom. The number of rotatable bonds is 21. The van der Waals surface area contributed by atoms with Crippen LogP contribution in [0.2, 0.25) is 10.0 Å². The quantitative estimate of drug-likeness (QED) is 0.0186. The lowest BCUT2D eigenvalue weighted by atomic mass is 10.2. The van der Waals surface area contributed by atoms with E-state index in [1.54, 1.807) is 36.4 Å². The molecule has 0 radical (unpaired) electrons. The van der Waals surface area contributed by atoms with Crippen LogP contribution in [0.4, 0.5) is 5.13 Å². The minimum atomic E-state index is -0.703. The zero-order chi connectivity index (χ0) is 42.7. The molecule has 5 aromatic rings. The number of carbonyl (C=O) groups is 4. The van der Waals surface area contributed by atoms with E-state index in [-0.39, 0.29) is 37.9 Å². The van der Waals surface area contributed by atoms with Crippen molar-refractivity contribution in [2.75, 3.05) is 31.9 Å². The molecule has 16 heteroatoms. The van der Waals surface area contributed by atoms with Crippen LogP contribution in [0.25, 0.3) is 22.4 Å². The Balaban J connectivity index is 1.22. The highest BCUT2D eigenvalue weighted by molar-refractivity contribution is 7.22. The van der Waals surface area contributed by atoms with Crippen LogP contribution in [0.15, 0.2) is 121 Å². The number of anilines is 1. The third-order valence-electron chi connectivity index (χ3n) is 7.72. The van der Waals surface area contributed by atoms with Crippen molar-refractivity contribution in [3.8, 4) is 23.0 Å². The molecule has 0 unspecified atom stereocenters. The summed E-state index contributed by atoms with van der Waals surface area (Å²) in [4.78, 5) is 52.7. The predicted octanol–water partition coefficient (Wildman–Crippen LogP) is 9.28. The third kappa shape index (κ3) is 14.3. The lowest BCUT2D eigenvalue weighted by Crippen LogP contribution is -2.08. The summed E-state index contributed by atoms with van der Waals surface area (Å²) >= 11 is 14.2. The number of hydrazone groups is 1. The highest BCUT2D eigenvalue weighted by Gasteiger charge is 2.12. The molecule has 0 bridgehead atoms. The van der Waals surface area contributed by atoms with Gasteiger partial charge < -0.3 is 28.4 Å². The van der Waals surface area contributed by atoms with Gasteiger partial charge in [0.2, 0.25) is 5.13 Å². The number of nitrogens with one attached hydrogen (secondary N) is 1. The van der Waals surface area contributed by atoms with Gasteiger partial charge in [0.1, 0.15) is 23.0 Å². The van der Waals surface area contributed by atoms with Crippen molar-refractivity contribution >= 4 is 92.1 Å². The monoisotopic (exact) mass is 869 g/mol. The van der Waals surface area contributed by atoms with Crippen LogP contribution in [0.5, 0.6) is 23.0 Å². The molecule has 60 heavy (non-hydrogen) atoms. The predicted molar refractivity (Wildman–Crippen MR) is 232 cm³/mol. The Bertz CT molecular complexity index is 2410. The molecule has 1 aromatic heterocycles. The number of ether oxygens (including phenoxy) is 6. The van der Waals surface area contributed by atoms with Crippen molar-refractivity contribution in [1.29, 1.82) is 0 Å². The minimum Gasteiger partial charge on any atom is -0.492 e. The highest BCUT2D eigenvalue weighted by atomic mass is 35.5. The molecular weight excluding hydrogens is 833 g/mol. The Kier molecular flexibility index (Phi) is 17.0. The van der Waals surface area contributed by atoms with Crippen molar-refractivity contribution in [3.05, 3.63) is 143 Å². The molecule has 0 atom stereocenters. The Hall–Kier alpha value is -6.74. The SMILES string of the molecule is C=CC(=O)OCCCOc1ccc(/C=C/C(=O)Oc2ccc(OC(=O)/C=C/c3ccc(OCCCOC(=O)C=C)c(Cl)c3)c(/C=N/Nc3nc4ccccc4s3)c2)cc1Cl. The van der Waals surface area contributed by atoms with Gasteiger partial charge in [-0.15, -0.1) is 0 Å². The molecule has 5 rings (SSSR count). The van der Waals surface area contributed by atoms with Gasteiger partial charge in [0.15, 0.2) is 0 Å². The first-order valence-corrected chi connectivity index (χ1v) is 19.7. The number of para-hydroxylation sites is 1. The van der Waals surface area contributed by atoms with E-state index < -0.39 is 23.9 Å². The standard InChI is InChI=1S/C44H37Cl2N3O10S/c1-3-40(50)56-23-7-21-54-37-16-11-29(25-33(37)45)13-19-42(52)58-32-15-18-36(31(27-32)28-47-49-44-48-35-9-5-6-10-39(35)60-44)59-43(53)20-14-30-12-17-38(34(46)26-30)55-22-8-24-57-41(51)4-2/h3-6,9-20,25-28H,1-2,7-8,21-24H2,(H,48,49)/b19-13+,20-14+,47-28+. The molecular formula is C44H37Cl2N3O10S. The van der Waals surface area contributed by atoms with Crippen molar-refractivity contribution in [1.82, 2.24) is 4.98 Å². The Morgan fingerprint density at radius 3 is 1.82 bits per heavy atom. The molecule has 0 saturated heterocycles. The van der Waals surface area contributed by atoms with Gasteiger partial charge in [-0.2, -0.15) is 5.10 Å². The fourth-order valence-electron chi connectivity index (χ4n) is 4.90. The van der Waals surface area contributed by atoms with Crippen LogP contribution in [0.1, 0.15) is 29.5 Å². The number of thiazole rings is 1. The van der Waals surface area contributed by atoms with Crippen LogP contribution in [0.3, 0.4) is 0 Å². The number of nitrogens with zero attached hydrogens (tertiary/aromatic N) is 2. The van der Waals surface area contributed by atoms with E-state index in [1.165, 1.54) is 60.1 Å². The van der Waals surface area contributed by atoms with Crippen molar-refractivity contribution < 1.29 is 47.6 Å². The normalized spacial score (nSPS) is 11.1. The largest absolute Gasteiger partial charge is 0.492 e. The average molecular weight is 871 g/mol. The lowest BCUT2D eigenvalue weighted by molar-refractivity contribution is -0.138. The van der Waals surface area contributed by atoms with Crippen LogP contribution in [-0.2, 0) is 28.7 Å². The van der Waals surface area contributed by atoms with E-state index in [0.29, 0.717) is 56.2 Å². The molecule has 0 fully saturated rings. The number of aromatic nitrogens is 1. The van der Waals surface area contributed by atoms with Crippen LogP contribution in [-0.4, -0.2) is 61.5 Å². The number of esters is 4. The summed E-state index contributed by atoms with van der Waals surface area (Å²) in [5.41, 5.74) is 5.23. The maximum absolute atomic E-state index is 13.0. The number of fused-ring (bicyclic) bond motifs is 1. The van der Waals surface area contributed by atoms with Crippen LogP contribution >= 0.6 is 34.5 Å². The van der Waals surface area contributed by atoms with Crippen LogP contribution in [0, 0.1) is 0 Å². The molecule has 0 aliphatic carbocycles. The maximum Gasteiger partial charge on any atom is 0.336 e. The summed E-state index contributed by atoms with van der Waals surface area (Å²) in [6.07, 6.45) is 10.0. The smallest absolute Gasteiger partial charge is 0.336 e. The van der Waals surface area contributed by atoms with Gasteiger partial charge in [-0.1, -0.05) is 72.0 Å². The van der Waals surface area contributed by atoms with E-state index in [9.17, 15) is 19.2 Å². The molecule has 0 spiro atoms. The van der Waals surface area contributed by atoms with E-state index in [0.717, 1.165) is 22.4 Å². The van der Waals surface area contributed by atoms with Gasteiger partial charge in [-0.3, -0.25) is 5.43 Å². The molecule has 1 heterocycles. The van der Waals surface area contributed by atoms with E-state index in [2.05, 4.69) is 28.7 Å². The van der Waals surface area contributed by atoms with Gasteiger partial charge in [0.05, 0.1) is 52.9 Å². The van der Waals surface area contributed by atoms with Crippen molar-refractivity contribution in [3.63, 3.8) is 0 Å². The summed E-state index contributed by atoms with van der Waals surface area (Å²) in [5, 5.41) is 5.47. The highest BCUT2D eigenvalue weighted by Crippen LogP contribution is 2.29. The first kappa shape index (κ1) is 44.4. The molecule has 1 N–H and O–H groups in total. The summed E-state index contributed by atoms with van der Waals surface area (Å²) in [6, 6.07) is 22.0. The van der Waals surface area contributed by atoms with E-state index in [1.807, 2.05) is 24.3 Å². The Labute approximate surface area is 359 Å². The number of hydrogen-bond donors (Lipinski definition) is 1. The lowest BCUT2D eigenvalue weighted by Gasteiger charge is -2.09. The molecule has 0 amide bonds. The second-order valence-electron chi connectivity index (χ2n) is 12.1. The van der Waals surface area contributed by atoms with Gasteiger partial charge in [0, 0.05) is 42.7 Å². The summed E-state index contributed by atoms with van der Waals surface area (Å²) < 4.78 is 33.3. The second kappa shape index (κ2) is 23.0. The first-order chi connectivity index (χ1) is 29.1. The molecule has 308 valence electrons. The molecule has 13 nitrogen and oxygen atoms in total. The first-order valence-electron chi connectivity index (χ1n) is 18.1. The van der Waals surface area contributed by atoms with E-state index >= 15 is 0 Å². The minimum absolute atomic E-state index is 0.130. The van der Waals surface area contributed by atoms with Crippen LogP contribution < -0.4 is 24.4 Å². The van der Waals surface area contributed by atoms with Gasteiger partial charge >= 0.3 is 23.9 Å². The zero-order valence-electron chi connectivity index (χ0n) is 31.8. The molecule has 0 aliphatic heterocycles. The number of carbonyl (C=O) groups excluding carboxylic acids is 4. The van der Waals surface area contributed by atoms with Gasteiger partial charge in [-0.05, 0) is 77.9 Å². The van der Waals surface area contributed by atoms with Crippen molar-refractivity contribution in [2.24, 2.45) is 5.10 Å². The van der Waals surface area contributed by atoms with Gasteiger partial charge in [-0.25, -0.2) is 24.2 Å². The van der Waals surface area contributed by atoms with E-state index in [4.69, 9.17) is 51.6 Å².